The molecule has 0 bridgehead atoms. The molecule has 0 saturated carbocycles. The van der Waals surface area contributed by atoms with E-state index in [-0.39, 0.29) is 12.0 Å². The first-order valence-electron chi connectivity index (χ1n) is 7.58. The summed E-state index contributed by atoms with van der Waals surface area (Å²) in [7, 11) is 0. The average molecular weight is 353 g/mol. The Morgan fingerprint density at radius 3 is 2.72 bits per heavy atom. The summed E-state index contributed by atoms with van der Waals surface area (Å²) < 4.78 is 45.0. The van der Waals surface area contributed by atoms with Crippen LogP contribution in [0.25, 0.3) is 0 Å². The molecule has 0 aliphatic carbocycles. The van der Waals surface area contributed by atoms with Crippen LogP contribution in [-0.2, 0) is 11.2 Å². The molecule has 134 valence electrons. The first-order chi connectivity index (χ1) is 11.9. The average Bonchev–Trinajstić information content (AvgIpc) is 2.58. The zero-order chi connectivity index (χ0) is 18.3. The van der Waals surface area contributed by atoms with Crippen molar-refractivity contribution in [3.63, 3.8) is 0 Å². The number of carbonyl (C=O) groups excluding carboxylic acids is 1. The van der Waals surface area contributed by atoms with E-state index < -0.39 is 18.1 Å². The van der Waals surface area contributed by atoms with E-state index in [9.17, 15) is 18.0 Å². The molecule has 1 aromatic carbocycles. The fraction of sp³-hybridized carbons (Fsp3) is 0.294. The Kier molecular flexibility index (Phi) is 6.35. The van der Waals surface area contributed by atoms with Crippen molar-refractivity contribution in [3.8, 4) is 5.75 Å². The van der Waals surface area contributed by atoms with Crippen LogP contribution >= 0.6 is 0 Å². The number of hydrogen-bond donors (Lipinski definition) is 2. The number of benzene rings is 1. The third kappa shape index (κ3) is 5.75. The molecule has 0 spiro atoms. The molecular formula is C17H18F3N3O2. The maximum atomic E-state index is 13.2. The van der Waals surface area contributed by atoms with Crippen molar-refractivity contribution in [2.75, 3.05) is 13.2 Å². The van der Waals surface area contributed by atoms with Gasteiger partial charge in [-0.2, -0.15) is 13.2 Å². The van der Waals surface area contributed by atoms with Gasteiger partial charge in [-0.25, -0.2) is 0 Å². The Morgan fingerprint density at radius 2 is 2.08 bits per heavy atom. The van der Waals surface area contributed by atoms with Crippen molar-refractivity contribution in [3.05, 3.63) is 59.9 Å². The second-order valence-corrected chi connectivity index (χ2v) is 5.29. The molecule has 0 unspecified atom stereocenters. The molecule has 1 aromatic heterocycles. The van der Waals surface area contributed by atoms with E-state index in [1.165, 1.54) is 18.3 Å². The quantitative estimate of drug-likeness (QED) is 0.801. The number of alkyl halides is 3. The maximum Gasteiger partial charge on any atom is 0.412 e. The first-order valence-corrected chi connectivity index (χ1v) is 7.58. The second-order valence-electron chi connectivity index (χ2n) is 5.29. The normalized spacial score (nSPS) is 12.5. The number of nitrogens with zero attached hydrogens (tertiary/aromatic N) is 1. The highest BCUT2D eigenvalue weighted by Crippen LogP contribution is 2.32. The number of nitrogens with one attached hydrogen (secondary N) is 1. The van der Waals surface area contributed by atoms with Gasteiger partial charge in [-0.15, -0.1) is 0 Å². The monoisotopic (exact) mass is 353 g/mol. The predicted molar refractivity (Wildman–Crippen MR) is 85.9 cm³/mol. The van der Waals surface area contributed by atoms with Gasteiger partial charge in [0.1, 0.15) is 12.4 Å². The minimum absolute atomic E-state index is 0.122. The number of pyridine rings is 1. The zero-order valence-corrected chi connectivity index (χ0v) is 13.3. The van der Waals surface area contributed by atoms with Crippen molar-refractivity contribution >= 4 is 5.91 Å². The fourth-order valence-corrected chi connectivity index (χ4v) is 2.22. The summed E-state index contributed by atoms with van der Waals surface area (Å²) >= 11 is 0. The van der Waals surface area contributed by atoms with E-state index >= 15 is 0 Å². The van der Waals surface area contributed by atoms with E-state index in [2.05, 4.69) is 4.98 Å². The van der Waals surface area contributed by atoms with Crippen molar-refractivity contribution in [2.24, 2.45) is 5.73 Å². The molecule has 0 aliphatic heterocycles. The number of carbonyl (C=O) groups is 1. The SMILES string of the molecule is NCCOc1cccc(CC(=O)N[C@@H](c2cccnc2)C(F)(F)F)c1. The Morgan fingerprint density at radius 1 is 1.28 bits per heavy atom. The third-order valence-electron chi connectivity index (χ3n) is 3.30. The predicted octanol–water partition coefficient (Wildman–Crippen LogP) is 2.38. The van der Waals surface area contributed by atoms with Gasteiger partial charge < -0.3 is 15.8 Å². The zero-order valence-electron chi connectivity index (χ0n) is 13.3. The van der Waals surface area contributed by atoms with Crippen LogP contribution in [-0.4, -0.2) is 30.2 Å². The molecule has 2 aromatic rings. The Hall–Kier alpha value is -2.61. The number of nitrogens with two attached hydrogens (primary N) is 1. The van der Waals surface area contributed by atoms with Crippen LogP contribution in [0, 0.1) is 0 Å². The first kappa shape index (κ1) is 18.7. The topological polar surface area (TPSA) is 77.2 Å². The molecule has 0 saturated heterocycles. The van der Waals surface area contributed by atoms with Crippen molar-refractivity contribution in [1.29, 1.82) is 0 Å². The standard InChI is InChI=1S/C17H18F3N3O2/c18-17(19,20)16(13-4-2-7-22-11-13)23-15(24)10-12-3-1-5-14(9-12)25-8-6-21/h1-5,7,9,11,16H,6,8,10,21H2,(H,23,24)/t16-/m0/s1. The highest BCUT2D eigenvalue weighted by Gasteiger charge is 2.41. The highest BCUT2D eigenvalue weighted by atomic mass is 19.4. The molecule has 0 radical (unpaired) electrons. The number of hydrogen-bond acceptors (Lipinski definition) is 4. The van der Waals surface area contributed by atoms with E-state index in [1.807, 2.05) is 5.32 Å². The number of rotatable bonds is 7. The van der Waals surface area contributed by atoms with E-state index in [0.29, 0.717) is 24.5 Å². The molecule has 25 heavy (non-hydrogen) atoms. The lowest BCUT2D eigenvalue weighted by molar-refractivity contribution is -0.163. The van der Waals surface area contributed by atoms with Gasteiger partial charge in [-0.1, -0.05) is 18.2 Å². The molecule has 2 rings (SSSR count). The Bertz CT molecular complexity index is 693. The lowest BCUT2D eigenvalue weighted by Gasteiger charge is -2.21. The van der Waals surface area contributed by atoms with Crippen LogP contribution in [0.4, 0.5) is 13.2 Å². The summed E-state index contributed by atoms with van der Waals surface area (Å²) in [6.45, 7) is 0.649. The largest absolute Gasteiger partial charge is 0.492 e. The van der Waals surface area contributed by atoms with Crippen LogP contribution in [0.5, 0.6) is 5.75 Å². The number of ether oxygens (including phenoxy) is 1. The Balaban J connectivity index is 2.07. The van der Waals surface area contributed by atoms with Crippen molar-refractivity contribution in [1.82, 2.24) is 10.3 Å². The molecule has 1 atom stereocenters. The molecule has 5 nitrogen and oxygen atoms in total. The van der Waals surface area contributed by atoms with Crippen molar-refractivity contribution < 1.29 is 22.7 Å². The lowest BCUT2D eigenvalue weighted by Crippen LogP contribution is -2.38. The summed E-state index contributed by atoms with van der Waals surface area (Å²) in [5.41, 5.74) is 5.76. The number of amides is 1. The van der Waals surface area contributed by atoms with Crippen LogP contribution in [0.1, 0.15) is 17.2 Å². The molecule has 8 heteroatoms. The van der Waals surface area contributed by atoms with Gasteiger partial charge in [0.2, 0.25) is 5.91 Å². The summed E-state index contributed by atoms with van der Waals surface area (Å²) in [5.74, 6) is -0.238. The molecule has 0 aliphatic rings. The summed E-state index contributed by atoms with van der Waals surface area (Å²) in [4.78, 5) is 15.7. The van der Waals surface area contributed by atoms with Crippen LogP contribution in [0.15, 0.2) is 48.8 Å². The minimum atomic E-state index is -4.62. The van der Waals surface area contributed by atoms with E-state index in [0.717, 1.165) is 6.20 Å². The van der Waals surface area contributed by atoms with Gasteiger partial charge in [0.25, 0.3) is 0 Å². The molecule has 3 N–H and O–H groups in total. The lowest BCUT2D eigenvalue weighted by atomic mass is 10.1. The minimum Gasteiger partial charge on any atom is -0.492 e. The van der Waals surface area contributed by atoms with E-state index in [1.54, 1.807) is 24.3 Å². The van der Waals surface area contributed by atoms with E-state index in [4.69, 9.17) is 10.5 Å². The highest BCUT2D eigenvalue weighted by molar-refractivity contribution is 5.79. The maximum absolute atomic E-state index is 13.2. The van der Waals surface area contributed by atoms with Gasteiger partial charge in [-0.05, 0) is 23.8 Å². The molecule has 1 heterocycles. The fourth-order valence-electron chi connectivity index (χ4n) is 2.22. The number of halogens is 3. The van der Waals surface area contributed by atoms with Crippen molar-refractivity contribution in [2.45, 2.75) is 18.6 Å². The van der Waals surface area contributed by atoms with Gasteiger partial charge in [-0.3, -0.25) is 9.78 Å². The summed E-state index contributed by atoms with van der Waals surface area (Å²) in [5, 5.41) is 2.02. The summed E-state index contributed by atoms with van der Waals surface area (Å²) in [6, 6.07) is 7.14. The molecule has 0 fully saturated rings. The Labute approximate surface area is 143 Å². The van der Waals surface area contributed by atoms with Gasteiger partial charge in [0, 0.05) is 24.5 Å². The van der Waals surface area contributed by atoms with Gasteiger partial charge >= 0.3 is 6.18 Å². The summed E-state index contributed by atoms with van der Waals surface area (Å²) in [6.07, 6.45) is -2.37. The number of aromatic nitrogens is 1. The van der Waals surface area contributed by atoms with Crippen LogP contribution in [0.2, 0.25) is 0 Å². The smallest absolute Gasteiger partial charge is 0.412 e. The van der Waals surface area contributed by atoms with Gasteiger partial charge in [0.15, 0.2) is 6.04 Å². The van der Waals surface area contributed by atoms with Gasteiger partial charge in [0.05, 0.1) is 6.42 Å². The molecular weight excluding hydrogens is 335 g/mol. The third-order valence-corrected chi connectivity index (χ3v) is 3.30. The van der Waals surface area contributed by atoms with Crippen LogP contribution < -0.4 is 15.8 Å². The molecule has 1 amide bonds. The van der Waals surface area contributed by atoms with Crippen LogP contribution in [0.3, 0.4) is 0 Å². The second kappa shape index (κ2) is 8.48.